The Hall–Kier alpha value is -3.28. The maximum absolute atomic E-state index is 11.9. The fraction of sp³-hybridized carbons (Fsp3) is 0.304. The molecular weight excluding hydrogens is 364 g/mol. The molecule has 0 amide bonds. The molecule has 6 heteroatoms. The van der Waals surface area contributed by atoms with Gasteiger partial charge >= 0.3 is 5.97 Å². The minimum atomic E-state index is -0.371. The van der Waals surface area contributed by atoms with E-state index in [2.05, 4.69) is 35.2 Å². The summed E-state index contributed by atoms with van der Waals surface area (Å²) >= 11 is 0. The molecule has 0 unspecified atom stereocenters. The van der Waals surface area contributed by atoms with Crippen molar-refractivity contribution in [1.29, 1.82) is 0 Å². The maximum atomic E-state index is 11.9. The highest BCUT2D eigenvalue weighted by molar-refractivity contribution is 6.10. The van der Waals surface area contributed by atoms with Gasteiger partial charge < -0.3 is 9.64 Å². The number of allylic oxidation sites excluding steroid dienone is 6. The fourth-order valence-electron chi connectivity index (χ4n) is 3.87. The number of rotatable bonds is 4. The number of carbonyl (C=O) groups excluding carboxylic acids is 1. The largest absolute Gasteiger partial charge is 0.465 e. The molecule has 1 saturated carbocycles. The van der Waals surface area contributed by atoms with E-state index in [0.29, 0.717) is 17.1 Å². The number of fused-ring (bicyclic) bond motifs is 2. The van der Waals surface area contributed by atoms with Crippen molar-refractivity contribution in [3.05, 3.63) is 59.0 Å². The fourth-order valence-corrected chi connectivity index (χ4v) is 3.87. The number of ether oxygens (including phenoxy) is 1. The molecule has 1 aromatic carbocycles. The monoisotopic (exact) mass is 386 g/mol. The molecule has 1 aliphatic heterocycles. The Balaban J connectivity index is 1.65. The first kappa shape index (κ1) is 17.8. The minimum Gasteiger partial charge on any atom is -0.465 e. The van der Waals surface area contributed by atoms with Gasteiger partial charge in [-0.25, -0.2) is 14.8 Å². The van der Waals surface area contributed by atoms with Crippen molar-refractivity contribution < 1.29 is 9.53 Å². The smallest absolute Gasteiger partial charge is 0.337 e. The zero-order valence-electron chi connectivity index (χ0n) is 16.8. The number of nitrogens with zero attached hydrogens (tertiary/aromatic N) is 4. The molecule has 2 aliphatic carbocycles. The van der Waals surface area contributed by atoms with Crippen LogP contribution in [0.25, 0.3) is 16.6 Å². The Morgan fingerprint density at radius 2 is 1.97 bits per heavy atom. The highest BCUT2D eigenvalue weighted by atomic mass is 16.5. The number of benzene rings is 1. The first-order valence-electron chi connectivity index (χ1n) is 9.85. The van der Waals surface area contributed by atoms with E-state index in [9.17, 15) is 4.79 Å². The summed E-state index contributed by atoms with van der Waals surface area (Å²) in [7, 11) is 3.46. The van der Waals surface area contributed by atoms with Gasteiger partial charge in [0.1, 0.15) is 5.69 Å². The summed E-state index contributed by atoms with van der Waals surface area (Å²) in [6.07, 6.45) is 9.57. The summed E-state index contributed by atoms with van der Waals surface area (Å²) in [4.78, 5) is 28.6. The van der Waals surface area contributed by atoms with Crippen LogP contribution in [0.3, 0.4) is 0 Å². The third kappa shape index (κ3) is 3.14. The van der Waals surface area contributed by atoms with Crippen LogP contribution >= 0.6 is 0 Å². The molecular formula is C23H22N4O2. The Bertz CT molecular complexity index is 1170. The Morgan fingerprint density at radius 1 is 1.14 bits per heavy atom. The van der Waals surface area contributed by atoms with Crippen LogP contribution in [-0.4, -0.2) is 41.8 Å². The van der Waals surface area contributed by atoms with Crippen LogP contribution in [0.1, 0.15) is 42.2 Å². The van der Waals surface area contributed by atoms with Crippen molar-refractivity contribution in [2.45, 2.75) is 32.2 Å². The molecule has 0 atom stereocenters. The second-order valence-electron chi connectivity index (χ2n) is 7.74. The van der Waals surface area contributed by atoms with Crippen LogP contribution in [0.2, 0.25) is 0 Å². The minimum absolute atomic E-state index is 0.371. The van der Waals surface area contributed by atoms with E-state index in [1.807, 2.05) is 13.0 Å². The van der Waals surface area contributed by atoms with Crippen molar-refractivity contribution in [2.24, 2.45) is 4.99 Å². The SMILES string of the molecule is COC(=O)c1ccc2nc(C3=CCC4=NC(C)=CC4=C3)c(N(C)C3CC3)nc2c1. The number of aliphatic imine (C=N–C) groups is 1. The van der Waals surface area contributed by atoms with Gasteiger partial charge in [-0.3, -0.25) is 4.99 Å². The van der Waals surface area contributed by atoms with Crippen molar-refractivity contribution >= 4 is 34.1 Å². The van der Waals surface area contributed by atoms with Crippen LogP contribution in [0.4, 0.5) is 5.82 Å². The van der Waals surface area contributed by atoms with Crippen LogP contribution in [0, 0.1) is 0 Å². The average Bonchev–Trinajstić information content (AvgIpc) is 3.51. The first-order valence-corrected chi connectivity index (χ1v) is 9.85. The number of esters is 1. The number of methoxy groups -OCH3 is 1. The number of anilines is 1. The molecule has 6 nitrogen and oxygen atoms in total. The van der Waals surface area contributed by atoms with E-state index < -0.39 is 0 Å². The van der Waals surface area contributed by atoms with E-state index in [-0.39, 0.29) is 5.97 Å². The molecule has 2 heterocycles. The standard InChI is InChI=1S/C23H22N4O2/c1-13-10-16-11-14(4-8-18(16)24-13)21-22(27(2)17-6-7-17)26-20-12-15(23(28)29-3)5-9-19(20)25-21/h4-5,9-12,17H,6-8H2,1-3H3. The molecule has 0 saturated heterocycles. The van der Waals surface area contributed by atoms with Gasteiger partial charge in [0, 0.05) is 30.8 Å². The van der Waals surface area contributed by atoms with Gasteiger partial charge in [0.2, 0.25) is 0 Å². The predicted octanol–water partition coefficient (Wildman–Crippen LogP) is 4.09. The lowest BCUT2D eigenvalue weighted by molar-refractivity contribution is 0.0601. The number of aromatic nitrogens is 2. The zero-order chi connectivity index (χ0) is 20.1. The second-order valence-corrected chi connectivity index (χ2v) is 7.74. The molecule has 0 spiro atoms. The van der Waals surface area contributed by atoms with Crippen LogP contribution in [0.15, 0.2) is 52.7 Å². The lowest BCUT2D eigenvalue weighted by Gasteiger charge is -2.22. The number of hydrogen-bond donors (Lipinski definition) is 0. The van der Waals surface area contributed by atoms with Crippen molar-refractivity contribution in [3.8, 4) is 0 Å². The van der Waals surface area contributed by atoms with Crippen molar-refractivity contribution in [3.63, 3.8) is 0 Å². The van der Waals surface area contributed by atoms with Gasteiger partial charge in [-0.1, -0.05) is 6.08 Å². The normalized spacial score (nSPS) is 17.9. The Kier molecular flexibility index (Phi) is 4.08. The van der Waals surface area contributed by atoms with E-state index >= 15 is 0 Å². The van der Waals surface area contributed by atoms with Crippen LogP contribution in [-0.2, 0) is 4.74 Å². The van der Waals surface area contributed by atoms with Crippen molar-refractivity contribution in [2.75, 3.05) is 19.1 Å². The summed E-state index contributed by atoms with van der Waals surface area (Å²) in [5.41, 5.74) is 7.19. The molecule has 0 bridgehead atoms. The molecule has 29 heavy (non-hydrogen) atoms. The Labute approximate surface area is 169 Å². The molecule has 1 aromatic heterocycles. The first-order chi connectivity index (χ1) is 14.0. The summed E-state index contributed by atoms with van der Waals surface area (Å²) in [5, 5.41) is 0. The number of carbonyl (C=O) groups is 1. The molecule has 0 radical (unpaired) electrons. The molecule has 3 aliphatic rings. The van der Waals surface area contributed by atoms with Gasteiger partial charge in [0.25, 0.3) is 0 Å². The Morgan fingerprint density at radius 3 is 2.72 bits per heavy atom. The highest BCUT2D eigenvalue weighted by Gasteiger charge is 2.30. The summed E-state index contributed by atoms with van der Waals surface area (Å²) in [5.74, 6) is 0.481. The predicted molar refractivity (Wildman–Crippen MR) is 114 cm³/mol. The average molecular weight is 386 g/mol. The third-order valence-electron chi connectivity index (χ3n) is 5.60. The summed E-state index contributed by atoms with van der Waals surface area (Å²) < 4.78 is 4.85. The quantitative estimate of drug-likeness (QED) is 0.741. The van der Waals surface area contributed by atoms with E-state index in [4.69, 9.17) is 14.7 Å². The van der Waals surface area contributed by atoms with Gasteiger partial charge in [0.15, 0.2) is 5.82 Å². The van der Waals surface area contributed by atoms with Crippen LogP contribution in [0.5, 0.6) is 0 Å². The maximum Gasteiger partial charge on any atom is 0.337 e. The topological polar surface area (TPSA) is 67.7 Å². The molecule has 5 rings (SSSR count). The third-order valence-corrected chi connectivity index (χ3v) is 5.60. The summed E-state index contributed by atoms with van der Waals surface area (Å²) in [6, 6.07) is 5.82. The summed E-state index contributed by atoms with van der Waals surface area (Å²) in [6.45, 7) is 2.02. The van der Waals surface area contributed by atoms with Gasteiger partial charge in [-0.15, -0.1) is 0 Å². The molecule has 1 fully saturated rings. The van der Waals surface area contributed by atoms with E-state index in [1.54, 1.807) is 12.1 Å². The number of hydrogen-bond acceptors (Lipinski definition) is 6. The molecule has 0 N–H and O–H groups in total. The molecule has 2 aromatic rings. The molecule has 146 valence electrons. The highest BCUT2D eigenvalue weighted by Crippen LogP contribution is 2.37. The second kappa shape index (κ2) is 6.65. The van der Waals surface area contributed by atoms with Crippen LogP contribution < -0.4 is 4.90 Å². The van der Waals surface area contributed by atoms with Gasteiger partial charge in [0.05, 0.1) is 29.4 Å². The van der Waals surface area contributed by atoms with E-state index in [0.717, 1.165) is 58.8 Å². The lowest BCUT2D eigenvalue weighted by atomic mass is 9.96. The van der Waals surface area contributed by atoms with Gasteiger partial charge in [-0.05, 0) is 55.7 Å². The zero-order valence-corrected chi connectivity index (χ0v) is 16.8. The van der Waals surface area contributed by atoms with Gasteiger partial charge in [-0.2, -0.15) is 0 Å². The lowest BCUT2D eigenvalue weighted by Crippen LogP contribution is -2.23. The van der Waals surface area contributed by atoms with Crippen molar-refractivity contribution in [1.82, 2.24) is 9.97 Å². The van der Waals surface area contributed by atoms with E-state index in [1.165, 1.54) is 7.11 Å².